The van der Waals surface area contributed by atoms with Crippen molar-refractivity contribution in [2.45, 2.75) is 26.1 Å². The number of benzene rings is 1. The highest BCUT2D eigenvalue weighted by Crippen LogP contribution is 2.45. The van der Waals surface area contributed by atoms with Crippen LogP contribution in [0.15, 0.2) is 24.0 Å². The van der Waals surface area contributed by atoms with Gasteiger partial charge in [-0.3, -0.25) is 9.59 Å². The van der Waals surface area contributed by atoms with Crippen LogP contribution in [0, 0.1) is 0 Å². The third-order valence-corrected chi connectivity index (χ3v) is 3.65. The minimum Gasteiger partial charge on any atom is -0.497 e. The average molecular weight is 341 g/mol. The molecule has 0 radical (unpaired) electrons. The first-order valence-electron chi connectivity index (χ1n) is 6.83. The molecule has 0 saturated carbocycles. The lowest BCUT2D eigenvalue weighted by atomic mass is 9.88. The number of carbonyl (C=O) groups excluding carboxylic acids is 2. The van der Waals surface area contributed by atoms with E-state index >= 15 is 0 Å². The smallest absolute Gasteiger partial charge is 0.308 e. The van der Waals surface area contributed by atoms with Crippen molar-refractivity contribution in [3.63, 3.8) is 0 Å². The number of carbonyl (C=O) groups is 2. The van der Waals surface area contributed by atoms with E-state index in [1.54, 1.807) is 18.2 Å². The predicted molar refractivity (Wildman–Crippen MR) is 82.2 cm³/mol. The van der Waals surface area contributed by atoms with Crippen LogP contribution in [-0.4, -0.2) is 26.2 Å². The van der Waals surface area contributed by atoms with Crippen molar-refractivity contribution in [1.29, 1.82) is 0 Å². The van der Waals surface area contributed by atoms with E-state index < -0.39 is 17.7 Å². The quantitative estimate of drug-likeness (QED) is 0.620. The van der Waals surface area contributed by atoms with Crippen molar-refractivity contribution in [2.24, 2.45) is 0 Å². The molecule has 1 aromatic rings. The van der Waals surface area contributed by atoms with Gasteiger partial charge in [0.15, 0.2) is 5.76 Å². The van der Waals surface area contributed by atoms with Crippen LogP contribution in [0.25, 0.3) is 5.76 Å². The number of hydrogen-bond donors (Lipinski definition) is 0. The summed E-state index contributed by atoms with van der Waals surface area (Å²) in [5, 5.41) is 0.429. The Balaban J connectivity index is 2.70. The van der Waals surface area contributed by atoms with Crippen molar-refractivity contribution in [3.8, 4) is 0 Å². The average Bonchev–Trinajstić information content (AvgIpc) is 2.48. The predicted octanol–water partition coefficient (Wildman–Crippen LogP) is 2.98. The lowest BCUT2D eigenvalue weighted by molar-refractivity contribution is -0.230. The van der Waals surface area contributed by atoms with Gasteiger partial charge in [0.2, 0.25) is 5.79 Å². The highest BCUT2D eigenvalue weighted by Gasteiger charge is 2.45. The molecule has 7 heteroatoms. The molecule has 0 amide bonds. The Hall–Kier alpha value is -2.05. The maximum absolute atomic E-state index is 11.5. The van der Waals surface area contributed by atoms with Gasteiger partial charge < -0.3 is 18.9 Å². The summed E-state index contributed by atoms with van der Waals surface area (Å²) >= 11 is 6.06. The largest absolute Gasteiger partial charge is 0.497 e. The summed E-state index contributed by atoms with van der Waals surface area (Å²) < 4.78 is 21.5. The zero-order valence-electron chi connectivity index (χ0n) is 13.3. The van der Waals surface area contributed by atoms with Crippen LogP contribution in [0.1, 0.15) is 31.4 Å². The molecule has 1 aliphatic carbocycles. The van der Waals surface area contributed by atoms with Crippen molar-refractivity contribution < 1.29 is 28.5 Å². The Bertz CT molecular complexity index is 681. The van der Waals surface area contributed by atoms with E-state index in [0.717, 1.165) is 0 Å². The van der Waals surface area contributed by atoms with Crippen LogP contribution in [0.5, 0.6) is 0 Å². The topological polar surface area (TPSA) is 71.1 Å². The van der Waals surface area contributed by atoms with Gasteiger partial charge in [-0.1, -0.05) is 17.7 Å². The molecular weight excluding hydrogens is 324 g/mol. The van der Waals surface area contributed by atoms with Crippen molar-refractivity contribution in [1.82, 2.24) is 0 Å². The minimum absolute atomic E-state index is 0.0663. The Morgan fingerprint density at radius 1 is 1.17 bits per heavy atom. The van der Waals surface area contributed by atoms with Crippen LogP contribution in [0.4, 0.5) is 0 Å². The van der Waals surface area contributed by atoms with Gasteiger partial charge in [-0.2, -0.15) is 0 Å². The van der Waals surface area contributed by atoms with Crippen molar-refractivity contribution in [3.05, 3.63) is 40.1 Å². The Morgan fingerprint density at radius 3 is 2.39 bits per heavy atom. The molecule has 1 unspecified atom stereocenters. The van der Waals surface area contributed by atoms with E-state index in [0.29, 0.717) is 21.9 Å². The monoisotopic (exact) mass is 340 g/mol. The fourth-order valence-corrected chi connectivity index (χ4v) is 2.71. The third kappa shape index (κ3) is 3.33. The van der Waals surface area contributed by atoms with Crippen molar-refractivity contribution in [2.75, 3.05) is 14.2 Å². The number of fused-ring (bicyclic) bond motifs is 1. The van der Waals surface area contributed by atoms with E-state index in [4.69, 9.17) is 30.5 Å². The second kappa shape index (κ2) is 6.60. The number of halogens is 1. The molecule has 0 fully saturated rings. The maximum Gasteiger partial charge on any atom is 0.308 e. The fraction of sp³-hybridized carbons (Fsp3) is 0.375. The normalized spacial score (nSPS) is 19.9. The summed E-state index contributed by atoms with van der Waals surface area (Å²) in [6.07, 6.45) is 0.0663. The van der Waals surface area contributed by atoms with Gasteiger partial charge in [-0.25, -0.2) is 0 Å². The summed E-state index contributed by atoms with van der Waals surface area (Å²) in [6.45, 7) is 2.57. The van der Waals surface area contributed by atoms with Crippen LogP contribution >= 0.6 is 11.6 Å². The zero-order chi connectivity index (χ0) is 17.2. The van der Waals surface area contributed by atoms with E-state index in [2.05, 4.69) is 0 Å². The molecule has 6 nitrogen and oxygen atoms in total. The molecule has 0 bridgehead atoms. The molecule has 0 aromatic heterocycles. The van der Waals surface area contributed by atoms with E-state index in [9.17, 15) is 9.59 Å². The number of ether oxygens (including phenoxy) is 4. The van der Waals surface area contributed by atoms with Crippen LogP contribution < -0.4 is 0 Å². The van der Waals surface area contributed by atoms with E-state index in [1.807, 2.05) is 0 Å². The highest BCUT2D eigenvalue weighted by molar-refractivity contribution is 6.30. The van der Waals surface area contributed by atoms with Gasteiger partial charge >= 0.3 is 11.9 Å². The van der Waals surface area contributed by atoms with Gasteiger partial charge in [0, 0.05) is 37.1 Å². The molecule has 0 heterocycles. The van der Waals surface area contributed by atoms with Gasteiger partial charge in [-0.15, -0.1) is 0 Å². The fourth-order valence-electron chi connectivity index (χ4n) is 2.54. The van der Waals surface area contributed by atoms with Crippen molar-refractivity contribution >= 4 is 29.3 Å². The lowest BCUT2D eigenvalue weighted by Gasteiger charge is -2.37. The molecule has 0 spiro atoms. The van der Waals surface area contributed by atoms with Gasteiger partial charge in [-0.05, 0) is 12.1 Å². The van der Waals surface area contributed by atoms with Crippen LogP contribution in [-0.2, 0) is 34.3 Å². The molecule has 2 rings (SSSR count). The number of esters is 2. The molecule has 23 heavy (non-hydrogen) atoms. The molecule has 1 aliphatic rings. The molecule has 0 N–H and O–H groups in total. The number of hydrogen-bond acceptors (Lipinski definition) is 6. The standard InChI is InChI=1S/C16H17ClO6/c1-9(18)22-15-12-7-11(17)5-6-13(12)16(21-4,23-10(2)19)8-14(15)20-3/h5-7H,8H2,1-4H3. The molecular formula is C16H17ClO6. The second-order valence-electron chi connectivity index (χ2n) is 4.97. The van der Waals surface area contributed by atoms with E-state index in [1.165, 1.54) is 28.1 Å². The van der Waals surface area contributed by atoms with Gasteiger partial charge in [0.1, 0.15) is 5.76 Å². The molecule has 1 atom stereocenters. The summed E-state index contributed by atoms with van der Waals surface area (Å²) in [7, 11) is 2.86. The summed E-state index contributed by atoms with van der Waals surface area (Å²) in [5.74, 6) is -1.84. The highest BCUT2D eigenvalue weighted by atomic mass is 35.5. The SMILES string of the molecule is COC1=C(OC(C)=O)c2cc(Cl)ccc2C(OC)(OC(C)=O)C1. The summed E-state index contributed by atoms with van der Waals surface area (Å²) in [5.41, 5.74) is 0.996. The van der Waals surface area contributed by atoms with Gasteiger partial charge in [0.25, 0.3) is 0 Å². The maximum atomic E-state index is 11.5. The minimum atomic E-state index is -1.37. The van der Waals surface area contributed by atoms with E-state index in [-0.39, 0.29) is 12.2 Å². The third-order valence-electron chi connectivity index (χ3n) is 3.41. The zero-order valence-corrected chi connectivity index (χ0v) is 14.0. The molecule has 1 aromatic carbocycles. The molecule has 124 valence electrons. The molecule has 0 saturated heterocycles. The Labute approximate surface area is 138 Å². The number of methoxy groups -OCH3 is 2. The summed E-state index contributed by atoms with van der Waals surface area (Å²) in [6, 6.07) is 4.91. The van der Waals surface area contributed by atoms with Crippen LogP contribution in [0.3, 0.4) is 0 Å². The first-order chi connectivity index (χ1) is 10.8. The number of rotatable bonds is 4. The van der Waals surface area contributed by atoms with Gasteiger partial charge in [0.05, 0.1) is 13.5 Å². The Kier molecular flexibility index (Phi) is 4.97. The van der Waals surface area contributed by atoms with Crippen LogP contribution in [0.2, 0.25) is 5.02 Å². The summed E-state index contributed by atoms with van der Waals surface area (Å²) in [4.78, 5) is 23.0. The first kappa shape index (κ1) is 17.3. The molecule has 0 aliphatic heterocycles. The lowest BCUT2D eigenvalue weighted by Crippen LogP contribution is -2.38. The second-order valence-corrected chi connectivity index (χ2v) is 5.40. The Morgan fingerprint density at radius 2 is 1.87 bits per heavy atom. The first-order valence-corrected chi connectivity index (χ1v) is 7.21.